The number of carboxylic acid groups (broad SMARTS) is 2. The van der Waals surface area contributed by atoms with Gasteiger partial charge in [-0.1, -0.05) is 0 Å². The van der Waals surface area contributed by atoms with Gasteiger partial charge in [-0.25, -0.2) is 0 Å². The second-order valence-corrected chi connectivity index (χ2v) is 6.63. The van der Waals surface area contributed by atoms with Crippen LogP contribution in [0.25, 0.3) is 0 Å². The summed E-state index contributed by atoms with van der Waals surface area (Å²) in [6.45, 7) is 3.49. The molecule has 98 valence electrons. The maximum atomic E-state index is 11.7. The predicted octanol–water partition coefficient (Wildman–Crippen LogP) is 2.03. The molecular formula is C14H17NaO4. The zero-order valence-electron chi connectivity index (χ0n) is 11.5. The minimum absolute atomic E-state index is 0.0733. The summed E-state index contributed by atoms with van der Waals surface area (Å²) in [7, 11) is 0. The Morgan fingerprint density at radius 3 is 1.84 bits per heavy atom. The van der Waals surface area contributed by atoms with E-state index in [1.807, 2.05) is 37.3 Å². The average molecular weight is 272 g/mol. The summed E-state index contributed by atoms with van der Waals surface area (Å²) in [5.74, 6) is -2.49. The molecule has 4 nitrogen and oxygen atoms in total. The van der Waals surface area contributed by atoms with E-state index in [2.05, 4.69) is 0 Å². The van der Waals surface area contributed by atoms with Crippen LogP contribution in [0.3, 0.4) is 0 Å². The molecule has 2 N–H and O–H groups in total. The van der Waals surface area contributed by atoms with Crippen LogP contribution in [0, 0.1) is 5.41 Å². The van der Waals surface area contributed by atoms with Crippen molar-refractivity contribution in [1.82, 2.24) is 0 Å². The van der Waals surface area contributed by atoms with Crippen LogP contribution in [-0.4, -0.2) is 50.1 Å². The molecule has 19 heavy (non-hydrogen) atoms. The predicted molar refractivity (Wildman–Crippen MR) is 72.2 cm³/mol. The van der Waals surface area contributed by atoms with Crippen LogP contribution in [0.2, 0.25) is 0 Å². The van der Waals surface area contributed by atoms with E-state index < -0.39 is 20.0 Å². The molecule has 1 aromatic carbocycles. The van der Waals surface area contributed by atoms with Gasteiger partial charge in [-0.3, -0.25) is 0 Å². The first kappa shape index (κ1) is 16.2. The third-order valence-corrected chi connectivity index (χ3v) is 6.46. The Balaban J connectivity index is 3.56. The van der Waals surface area contributed by atoms with E-state index in [1.165, 1.54) is 0 Å². The molecule has 0 saturated carbocycles. The van der Waals surface area contributed by atoms with E-state index in [1.54, 1.807) is 6.92 Å². The molecule has 0 heterocycles. The molecule has 5 heteroatoms. The van der Waals surface area contributed by atoms with Crippen LogP contribution in [0.5, 0.6) is 0 Å². The van der Waals surface area contributed by atoms with Crippen molar-refractivity contribution >= 4 is 39.9 Å². The molecule has 0 amide bonds. The Bertz CT molecular complexity index is 458. The van der Waals surface area contributed by atoms with Crippen LogP contribution in [0.4, 0.5) is 0 Å². The van der Waals surface area contributed by atoms with E-state index in [0.717, 1.165) is 5.56 Å². The Labute approximate surface area is 130 Å². The van der Waals surface area contributed by atoms with Crippen molar-refractivity contribution in [1.29, 1.82) is 0 Å². The van der Waals surface area contributed by atoms with Crippen molar-refractivity contribution in [3.05, 3.63) is 35.9 Å². The van der Waals surface area contributed by atoms with Gasteiger partial charge in [0.1, 0.15) is 0 Å². The Kier molecular flexibility index (Phi) is 5.18. The third kappa shape index (κ3) is 2.45. The van der Waals surface area contributed by atoms with Gasteiger partial charge in [0.2, 0.25) is 0 Å². The van der Waals surface area contributed by atoms with Gasteiger partial charge in [0.15, 0.2) is 0 Å². The van der Waals surface area contributed by atoms with E-state index in [4.69, 9.17) is 0 Å². The Morgan fingerprint density at radius 2 is 1.53 bits per heavy atom. The number of hydrogen-bond donors (Lipinski definition) is 2. The molecule has 1 rings (SSSR count). The van der Waals surface area contributed by atoms with E-state index in [0.29, 0.717) is 34.4 Å². The van der Waals surface area contributed by atoms with Gasteiger partial charge in [0.05, 0.1) is 0 Å². The molecule has 1 aromatic rings. The molecule has 0 aliphatic rings. The summed E-state index contributed by atoms with van der Waals surface area (Å²) >= 11 is 0.457. The van der Waals surface area contributed by atoms with Crippen molar-refractivity contribution < 1.29 is 19.8 Å². The standard InChI is InChI=1S/C14H17O4.Na/c1-3-11(10-8-6-5-7-9-10)14(4-2,12(15)16)13(17)18;/h5-9H,3-4H2,1-2H3,(H,15,16)(H,17,18);. The van der Waals surface area contributed by atoms with Crippen LogP contribution < -0.4 is 0 Å². The molecule has 1 unspecified atom stereocenters. The molecule has 0 aliphatic heterocycles. The number of benzene rings is 1. The second kappa shape index (κ2) is 6.07. The van der Waals surface area contributed by atoms with Crippen molar-refractivity contribution in [3.8, 4) is 0 Å². The topological polar surface area (TPSA) is 74.6 Å². The SMILES string of the molecule is CCC(C(=O)O)(C(=O)O)[C]([Na])(CC)c1ccccc1. The second-order valence-electron chi connectivity index (χ2n) is 4.92. The number of hydrogen-bond acceptors (Lipinski definition) is 2. The monoisotopic (exact) mass is 272 g/mol. The van der Waals surface area contributed by atoms with Crippen LogP contribution in [0.1, 0.15) is 32.3 Å². The molecular weight excluding hydrogens is 255 g/mol. The Hall–Kier alpha value is -0.840. The first-order chi connectivity index (χ1) is 8.86. The molecule has 1 atom stereocenters. The first-order valence-electron chi connectivity index (χ1n) is 6.39. The quantitative estimate of drug-likeness (QED) is 0.613. The van der Waals surface area contributed by atoms with Gasteiger partial charge in [-0.15, -0.1) is 0 Å². The van der Waals surface area contributed by atoms with E-state index in [9.17, 15) is 19.8 Å². The molecule has 0 saturated heterocycles. The summed E-state index contributed by atoms with van der Waals surface area (Å²) in [4.78, 5) is 23.4. The minimum atomic E-state index is -1.75. The molecule has 0 aliphatic carbocycles. The van der Waals surface area contributed by atoms with E-state index >= 15 is 0 Å². The third-order valence-electron chi connectivity index (χ3n) is 4.32. The number of rotatable bonds is 6. The zero-order chi connectivity index (χ0) is 14.7. The fourth-order valence-corrected chi connectivity index (χ4v) is 3.93. The van der Waals surface area contributed by atoms with Crippen LogP contribution in [-0.2, 0) is 12.3 Å². The van der Waals surface area contributed by atoms with Crippen molar-refractivity contribution in [3.63, 3.8) is 0 Å². The number of carboxylic acids is 2. The summed E-state index contributed by atoms with van der Waals surface area (Å²) in [6.07, 6.45) is 0.569. The summed E-state index contributed by atoms with van der Waals surface area (Å²) in [6, 6.07) is 9.14. The summed E-state index contributed by atoms with van der Waals surface area (Å²) in [5.41, 5.74) is -0.953. The Morgan fingerprint density at radius 1 is 1.05 bits per heavy atom. The van der Waals surface area contributed by atoms with Crippen molar-refractivity contribution in [2.24, 2.45) is 5.41 Å². The van der Waals surface area contributed by atoms with Gasteiger partial charge in [0.25, 0.3) is 0 Å². The number of carbonyl (C=O) groups is 2. The maximum absolute atomic E-state index is 11.7. The van der Waals surface area contributed by atoms with Gasteiger partial charge >= 0.3 is 130 Å². The molecule has 0 radical (unpaired) electrons. The molecule has 0 spiro atoms. The van der Waals surface area contributed by atoms with E-state index in [-0.39, 0.29) is 6.42 Å². The van der Waals surface area contributed by atoms with Gasteiger partial charge in [0, 0.05) is 0 Å². The average Bonchev–Trinajstić information content (AvgIpc) is 2.39. The van der Waals surface area contributed by atoms with Gasteiger partial charge in [-0.2, -0.15) is 0 Å². The molecule has 0 fully saturated rings. The fraction of sp³-hybridized carbons (Fsp3) is 0.429. The van der Waals surface area contributed by atoms with Gasteiger partial charge in [-0.05, 0) is 0 Å². The van der Waals surface area contributed by atoms with Crippen LogP contribution in [0.15, 0.2) is 30.3 Å². The summed E-state index contributed by atoms with van der Waals surface area (Å²) < 4.78 is -0.819. The first-order valence-corrected chi connectivity index (χ1v) is 7.39. The number of aliphatic carboxylic acids is 2. The zero-order valence-corrected chi connectivity index (χ0v) is 13.5. The normalized spacial score (nSPS) is 14.7. The van der Waals surface area contributed by atoms with Crippen molar-refractivity contribution in [2.45, 2.75) is 29.4 Å². The molecule has 0 aromatic heterocycles. The van der Waals surface area contributed by atoms with Gasteiger partial charge < -0.3 is 0 Å². The van der Waals surface area contributed by atoms with Crippen LogP contribution >= 0.6 is 0 Å². The van der Waals surface area contributed by atoms with Crippen molar-refractivity contribution in [2.75, 3.05) is 0 Å². The fourth-order valence-electron chi connectivity index (χ4n) is 2.81. The molecule has 0 bridgehead atoms. The summed E-state index contributed by atoms with van der Waals surface area (Å²) in [5, 5.41) is 19.1.